The average Bonchev–Trinajstić information content (AvgIpc) is 2.90. The topological polar surface area (TPSA) is 35.2 Å². The van der Waals surface area contributed by atoms with Gasteiger partial charge in [-0.2, -0.15) is 0 Å². The first-order valence-electron chi connectivity index (χ1n) is 7.60. The van der Waals surface area contributed by atoms with Gasteiger partial charge in [-0.1, -0.05) is 30.3 Å². The van der Waals surface area contributed by atoms with Crippen LogP contribution in [-0.4, -0.2) is 6.61 Å². The highest BCUT2D eigenvalue weighted by atomic mass is 16.5. The van der Waals surface area contributed by atoms with E-state index in [1.54, 1.807) is 0 Å². The SMILES string of the molecule is Nc1ccc2c(c1)CCC2=CC1OCCc2ccccc21. The van der Waals surface area contributed by atoms with Crippen LogP contribution < -0.4 is 5.73 Å². The highest BCUT2D eigenvalue weighted by Crippen LogP contribution is 2.37. The fourth-order valence-corrected chi connectivity index (χ4v) is 3.46. The molecule has 1 aliphatic carbocycles. The fourth-order valence-electron chi connectivity index (χ4n) is 3.46. The fraction of sp³-hybridized carbons (Fsp3) is 0.263. The van der Waals surface area contributed by atoms with Crippen molar-refractivity contribution in [2.45, 2.75) is 25.4 Å². The summed E-state index contributed by atoms with van der Waals surface area (Å²) in [5.74, 6) is 0. The van der Waals surface area contributed by atoms with E-state index < -0.39 is 0 Å². The number of fused-ring (bicyclic) bond motifs is 2. The van der Waals surface area contributed by atoms with Gasteiger partial charge < -0.3 is 10.5 Å². The zero-order chi connectivity index (χ0) is 14.2. The normalized spacial score (nSPS) is 22.1. The third kappa shape index (κ3) is 2.26. The number of nitrogen functional groups attached to an aromatic ring is 1. The summed E-state index contributed by atoms with van der Waals surface area (Å²) in [6, 6.07) is 14.9. The summed E-state index contributed by atoms with van der Waals surface area (Å²) in [5.41, 5.74) is 13.6. The highest BCUT2D eigenvalue weighted by molar-refractivity contribution is 5.74. The van der Waals surface area contributed by atoms with E-state index in [0.717, 1.165) is 31.6 Å². The van der Waals surface area contributed by atoms with Crippen molar-refractivity contribution in [1.29, 1.82) is 0 Å². The standard InChI is InChI=1S/C19H19NO/c20-16-7-8-17-14(11-16)5-6-15(17)12-19-18-4-2-1-3-13(18)9-10-21-19/h1-4,7-8,11-12,19H,5-6,9-10,20H2. The molecule has 106 valence electrons. The van der Waals surface area contributed by atoms with Crippen LogP contribution in [0.15, 0.2) is 48.5 Å². The van der Waals surface area contributed by atoms with Crippen LogP contribution in [0, 0.1) is 0 Å². The van der Waals surface area contributed by atoms with Gasteiger partial charge in [-0.25, -0.2) is 0 Å². The van der Waals surface area contributed by atoms with Crippen LogP contribution in [0.3, 0.4) is 0 Å². The molecular weight excluding hydrogens is 258 g/mol. The van der Waals surface area contributed by atoms with E-state index in [-0.39, 0.29) is 6.10 Å². The highest BCUT2D eigenvalue weighted by Gasteiger charge is 2.22. The molecule has 1 aliphatic heterocycles. The Bertz CT molecular complexity index is 717. The third-order valence-electron chi connectivity index (χ3n) is 4.52. The number of aryl methyl sites for hydroxylation is 1. The smallest absolute Gasteiger partial charge is 0.101 e. The molecule has 0 fully saturated rings. The first-order valence-corrected chi connectivity index (χ1v) is 7.60. The Balaban J connectivity index is 1.72. The number of rotatable bonds is 1. The lowest BCUT2D eigenvalue weighted by molar-refractivity contribution is 0.0752. The molecule has 0 saturated heterocycles. The minimum atomic E-state index is 0.0912. The molecule has 2 aromatic rings. The minimum Gasteiger partial charge on any atom is -0.399 e. The van der Waals surface area contributed by atoms with Crippen molar-refractivity contribution < 1.29 is 4.74 Å². The predicted molar refractivity (Wildman–Crippen MR) is 86.0 cm³/mol. The first-order chi connectivity index (χ1) is 10.3. The molecule has 0 saturated carbocycles. The second-order valence-electron chi connectivity index (χ2n) is 5.85. The molecule has 0 aromatic heterocycles. The minimum absolute atomic E-state index is 0.0912. The molecule has 0 radical (unpaired) electrons. The maximum atomic E-state index is 6.00. The molecule has 2 nitrogen and oxygen atoms in total. The molecule has 2 aliphatic rings. The Morgan fingerprint density at radius 2 is 1.90 bits per heavy atom. The Morgan fingerprint density at radius 1 is 1.00 bits per heavy atom. The number of allylic oxidation sites excluding steroid dienone is 1. The molecule has 4 rings (SSSR count). The van der Waals surface area contributed by atoms with Crippen LogP contribution >= 0.6 is 0 Å². The number of anilines is 1. The molecule has 2 N–H and O–H groups in total. The predicted octanol–water partition coefficient (Wildman–Crippen LogP) is 3.91. The zero-order valence-corrected chi connectivity index (χ0v) is 12.0. The molecule has 1 heterocycles. The molecule has 2 aromatic carbocycles. The van der Waals surface area contributed by atoms with Crippen LogP contribution in [0.1, 0.15) is 34.8 Å². The maximum Gasteiger partial charge on any atom is 0.101 e. The van der Waals surface area contributed by atoms with E-state index >= 15 is 0 Å². The molecule has 2 heteroatoms. The van der Waals surface area contributed by atoms with E-state index in [2.05, 4.69) is 42.5 Å². The molecule has 0 spiro atoms. The van der Waals surface area contributed by atoms with E-state index in [4.69, 9.17) is 10.5 Å². The summed E-state index contributed by atoms with van der Waals surface area (Å²) in [6.45, 7) is 0.806. The monoisotopic (exact) mass is 277 g/mol. The summed E-state index contributed by atoms with van der Waals surface area (Å²) < 4.78 is 6.00. The molecule has 0 amide bonds. The molecule has 1 unspecified atom stereocenters. The average molecular weight is 277 g/mol. The van der Waals surface area contributed by atoms with Gasteiger partial charge in [-0.05, 0) is 65.3 Å². The molecule has 1 atom stereocenters. The first kappa shape index (κ1) is 12.7. The van der Waals surface area contributed by atoms with Gasteiger partial charge in [0.25, 0.3) is 0 Å². The third-order valence-corrected chi connectivity index (χ3v) is 4.52. The number of benzene rings is 2. The summed E-state index contributed by atoms with van der Waals surface area (Å²) in [6.07, 6.45) is 5.58. The Morgan fingerprint density at radius 3 is 2.86 bits per heavy atom. The van der Waals surface area contributed by atoms with Crippen molar-refractivity contribution in [3.8, 4) is 0 Å². The number of hydrogen-bond donors (Lipinski definition) is 1. The summed E-state index contributed by atoms with van der Waals surface area (Å²) in [4.78, 5) is 0. The van der Waals surface area contributed by atoms with Gasteiger partial charge in [0.2, 0.25) is 0 Å². The van der Waals surface area contributed by atoms with Crippen molar-refractivity contribution in [3.05, 3.63) is 70.8 Å². The number of hydrogen-bond acceptors (Lipinski definition) is 2. The summed E-state index contributed by atoms with van der Waals surface area (Å²) in [5, 5.41) is 0. The van der Waals surface area contributed by atoms with Gasteiger partial charge in [-0.15, -0.1) is 0 Å². The Hall–Kier alpha value is -2.06. The van der Waals surface area contributed by atoms with E-state index in [0.29, 0.717) is 0 Å². The largest absolute Gasteiger partial charge is 0.399 e. The lowest BCUT2D eigenvalue weighted by atomic mass is 9.95. The lowest BCUT2D eigenvalue weighted by Crippen LogP contribution is -2.14. The van der Waals surface area contributed by atoms with Gasteiger partial charge in [0.1, 0.15) is 6.10 Å². The summed E-state index contributed by atoms with van der Waals surface area (Å²) >= 11 is 0. The van der Waals surface area contributed by atoms with E-state index in [1.807, 2.05) is 6.07 Å². The summed E-state index contributed by atoms with van der Waals surface area (Å²) in [7, 11) is 0. The van der Waals surface area contributed by atoms with Crippen molar-refractivity contribution >= 4 is 11.3 Å². The molecular formula is C19H19NO. The lowest BCUT2D eigenvalue weighted by Gasteiger charge is -2.24. The van der Waals surface area contributed by atoms with Crippen molar-refractivity contribution in [2.24, 2.45) is 0 Å². The Kier molecular flexibility index (Phi) is 3.04. The second-order valence-corrected chi connectivity index (χ2v) is 5.85. The van der Waals surface area contributed by atoms with Crippen LogP contribution in [-0.2, 0) is 17.6 Å². The molecule has 0 bridgehead atoms. The maximum absolute atomic E-state index is 6.00. The van der Waals surface area contributed by atoms with Gasteiger partial charge in [0.05, 0.1) is 6.61 Å². The van der Waals surface area contributed by atoms with E-state index in [1.165, 1.54) is 27.8 Å². The van der Waals surface area contributed by atoms with Gasteiger partial charge >= 0.3 is 0 Å². The van der Waals surface area contributed by atoms with Gasteiger partial charge in [0.15, 0.2) is 0 Å². The van der Waals surface area contributed by atoms with Gasteiger partial charge in [-0.3, -0.25) is 0 Å². The zero-order valence-electron chi connectivity index (χ0n) is 12.0. The second kappa shape index (κ2) is 5.05. The van der Waals surface area contributed by atoms with Crippen LogP contribution in [0.25, 0.3) is 5.57 Å². The van der Waals surface area contributed by atoms with Crippen molar-refractivity contribution in [3.63, 3.8) is 0 Å². The number of nitrogens with two attached hydrogens (primary N) is 1. The van der Waals surface area contributed by atoms with Crippen LogP contribution in [0.4, 0.5) is 5.69 Å². The van der Waals surface area contributed by atoms with Gasteiger partial charge in [0, 0.05) is 5.69 Å². The number of ether oxygens (including phenoxy) is 1. The quantitative estimate of drug-likeness (QED) is 0.802. The van der Waals surface area contributed by atoms with Crippen LogP contribution in [0.5, 0.6) is 0 Å². The van der Waals surface area contributed by atoms with Crippen molar-refractivity contribution in [1.82, 2.24) is 0 Å². The van der Waals surface area contributed by atoms with E-state index in [9.17, 15) is 0 Å². The van der Waals surface area contributed by atoms with Crippen molar-refractivity contribution in [2.75, 3.05) is 12.3 Å². The van der Waals surface area contributed by atoms with Crippen LogP contribution in [0.2, 0.25) is 0 Å². The Labute approximate surface area is 125 Å². The molecule has 21 heavy (non-hydrogen) atoms.